The third-order valence-corrected chi connectivity index (χ3v) is 12.9. The standard InChI is InChI=1S/C52H29N3OS/c1-2-12-32-26-36(21-20-30(32)10-1)48-51-49(41-16-7-8-19-46(41)57-51)54-52(53-48)55-43-28-34-14-4-3-13-33(34)27-42(43)39-18-9-17-38(50(39)55)35-22-24-40-45(29-35)56-44-25-23-31-11-5-6-15-37(31)47(40)44/h1-29H. The second-order valence-corrected chi connectivity index (χ2v) is 16.0. The summed E-state index contributed by atoms with van der Waals surface area (Å²) in [4.78, 5) is 11.1. The number of rotatable bonds is 3. The molecule has 13 rings (SSSR count). The Kier molecular flexibility index (Phi) is 6.29. The zero-order chi connectivity index (χ0) is 37.2. The van der Waals surface area contributed by atoms with E-state index in [1.54, 1.807) is 11.3 Å². The molecule has 0 bridgehead atoms. The fourth-order valence-corrected chi connectivity index (χ4v) is 10.3. The summed E-state index contributed by atoms with van der Waals surface area (Å²) in [6.07, 6.45) is 0. The number of fused-ring (bicyclic) bond motifs is 13. The van der Waals surface area contributed by atoms with Gasteiger partial charge < -0.3 is 4.42 Å². The molecule has 0 aliphatic carbocycles. The first kappa shape index (κ1) is 30.9. The lowest BCUT2D eigenvalue weighted by atomic mass is 9.99. The molecule has 0 aliphatic rings. The molecule has 9 aromatic carbocycles. The molecule has 0 N–H and O–H groups in total. The fraction of sp³-hybridized carbons (Fsp3) is 0. The zero-order valence-electron chi connectivity index (χ0n) is 30.4. The van der Waals surface area contributed by atoms with Crippen molar-refractivity contribution in [1.82, 2.24) is 14.5 Å². The van der Waals surface area contributed by atoms with E-state index < -0.39 is 0 Å². The van der Waals surface area contributed by atoms with Gasteiger partial charge in [0.15, 0.2) is 0 Å². The van der Waals surface area contributed by atoms with Gasteiger partial charge in [-0.2, -0.15) is 0 Å². The van der Waals surface area contributed by atoms with Gasteiger partial charge in [-0.15, -0.1) is 11.3 Å². The van der Waals surface area contributed by atoms with Crippen molar-refractivity contribution in [2.45, 2.75) is 0 Å². The van der Waals surface area contributed by atoms with E-state index in [1.807, 2.05) is 0 Å². The maximum absolute atomic E-state index is 6.61. The fourth-order valence-electron chi connectivity index (χ4n) is 9.12. The van der Waals surface area contributed by atoms with Gasteiger partial charge in [-0.1, -0.05) is 133 Å². The van der Waals surface area contributed by atoms with Crippen molar-refractivity contribution in [2.24, 2.45) is 0 Å². The minimum absolute atomic E-state index is 0.647. The van der Waals surface area contributed by atoms with Crippen LogP contribution in [0.2, 0.25) is 0 Å². The zero-order valence-corrected chi connectivity index (χ0v) is 31.2. The summed E-state index contributed by atoms with van der Waals surface area (Å²) in [5.74, 6) is 0.647. The molecule has 0 atom stereocenters. The van der Waals surface area contributed by atoms with Crippen LogP contribution in [0, 0.1) is 0 Å². The lowest BCUT2D eigenvalue weighted by Gasteiger charge is -2.13. The third kappa shape index (κ3) is 4.49. The molecule has 4 heterocycles. The van der Waals surface area contributed by atoms with Gasteiger partial charge in [-0.3, -0.25) is 4.57 Å². The molecule has 0 spiro atoms. The molecular weight excluding hydrogens is 715 g/mol. The first-order chi connectivity index (χ1) is 28.2. The number of aromatic nitrogens is 3. The van der Waals surface area contributed by atoms with Gasteiger partial charge in [0.2, 0.25) is 5.95 Å². The van der Waals surface area contributed by atoms with Crippen molar-refractivity contribution < 1.29 is 4.42 Å². The Labute approximate surface area is 329 Å². The van der Waals surface area contributed by atoms with Crippen LogP contribution in [0.25, 0.3) is 125 Å². The number of nitrogens with zero attached hydrogens (tertiary/aromatic N) is 3. The number of benzene rings is 9. The van der Waals surface area contributed by atoms with Crippen LogP contribution in [0.4, 0.5) is 0 Å². The Morgan fingerprint density at radius 2 is 1.16 bits per heavy atom. The quantitative estimate of drug-likeness (QED) is 0.181. The lowest BCUT2D eigenvalue weighted by Crippen LogP contribution is -2.03. The number of hydrogen-bond acceptors (Lipinski definition) is 4. The summed E-state index contributed by atoms with van der Waals surface area (Å²) < 4.78 is 11.2. The summed E-state index contributed by atoms with van der Waals surface area (Å²) in [6.45, 7) is 0. The number of thiophene rings is 1. The van der Waals surface area contributed by atoms with Gasteiger partial charge in [-0.05, 0) is 80.3 Å². The van der Waals surface area contributed by atoms with Crippen LogP contribution in [0.5, 0.6) is 0 Å². The van der Waals surface area contributed by atoms with Crippen molar-refractivity contribution in [2.75, 3.05) is 0 Å². The van der Waals surface area contributed by atoms with Crippen LogP contribution in [0.1, 0.15) is 0 Å². The Morgan fingerprint density at radius 3 is 2.04 bits per heavy atom. The topological polar surface area (TPSA) is 43.9 Å². The van der Waals surface area contributed by atoms with Crippen LogP contribution < -0.4 is 0 Å². The van der Waals surface area contributed by atoms with Gasteiger partial charge in [0.1, 0.15) is 11.2 Å². The second kappa shape index (κ2) is 11.6. The van der Waals surface area contributed by atoms with E-state index >= 15 is 0 Å². The predicted molar refractivity (Wildman–Crippen MR) is 240 cm³/mol. The van der Waals surface area contributed by atoms with E-state index in [1.165, 1.54) is 37.0 Å². The van der Waals surface area contributed by atoms with Gasteiger partial charge in [0.25, 0.3) is 0 Å². The van der Waals surface area contributed by atoms with Gasteiger partial charge >= 0.3 is 0 Å². The number of hydrogen-bond donors (Lipinski definition) is 0. The maximum Gasteiger partial charge on any atom is 0.235 e. The molecule has 4 aromatic heterocycles. The molecule has 0 amide bonds. The molecule has 4 nitrogen and oxygen atoms in total. The smallest absolute Gasteiger partial charge is 0.235 e. The SMILES string of the molecule is c1ccc2cc(-c3nc(-n4c5cc6ccccc6cc5c5cccc(-c6ccc7c(c6)oc6ccc8ccccc8c67)c54)nc4c3sc3ccccc34)ccc2c1. The van der Waals surface area contributed by atoms with E-state index in [2.05, 4.69) is 180 Å². The summed E-state index contributed by atoms with van der Waals surface area (Å²) in [7, 11) is 0. The first-order valence-corrected chi connectivity index (χ1v) is 20.0. The Balaban J connectivity index is 1.14. The highest BCUT2D eigenvalue weighted by molar-refractivity contribution is 7.26. The average Bonchev–Trinajstić information content (AvgIpc) is 3.94. The van der Waals surface area contributed by atoms with Crippen LogP contribution in [-0.2, 0) is 0 Å². The summed E-state index contributed by atoms with van der Waals surface area (Å²) in [5.41, 5.74) is 9.02. The monoisotopic (exact) mass is 743 g/mol. The van der Waals surface area contributed by atoms with Crippen LogP contribution in [0.15, 0.2) is 180 Å². The van der Waals surface area contributed by atoms with Gasteiger partial charge in [0.05, 0.1) is 26.9 Å². The normalized spacial score (nSPS) is 12.2. The molecule has 0 saturated heterocycles. The third-order valence-electron chi connectivity index (χ3n) is 11.8. The number of para-hydroxylation sites is 1. The molecule has 0 aliphatic heterocycles. The van der Waals surface area contributed by atoms with E-state index in [-0.39, 0.29) is 0 Å². The highest BCUT2D eigenvalue weighted by atomic mass is 32.1. The molecule has 13 aromatic rings. The van der Waals surface area contributed by atoms with Crippen molar-refractivity contribution in [3.05, 3.63) is 176 Å². The molecular formula is C52H29N3OS. The summed E-state index contributed by atoms with van der Waals surface area (Å²) in [5, 5.41) is 12.9. The average molecular weight is 744 g/mol. The lowest BCUT2D eigenvalue weighted by molar-refractivity contribution is 0.669. The maximum atomic E-state index is 6.61. The molecule has 264 valence electrons. The summed E-state index contributed by atoms with van der Waals surface area (Å²) in [6, 6.07) is 63.1. The molecule has 0 unspecified atom stereocenters. The second-order valence-electron chi connectivity index (χ2n) is 14.9. The van der Waals surface area contributed by atoms with Crippen molar-refractivity contribution in [3.63, 3.8) is 0 Å². The highest BCUT2D eigenvalue weighted by Crippen LogP contribution is 2.44. The van der Waals surface area contributed by atoms with Crippen molar-refractivity contribution in [1.29, 1.82) is 0 Å². The van der Waals surface area contributed by atoms with E-state index in [0.29, 0.717) is 5.95 Å². The van der Waals surface area contributed by atoms with Crippen LogP contribution in [-0.4, -0.2) is 14.5 Å². The van der Waals surface area contributed by atoms with Crippen molar-refractivity contribution >= 4 is 108 Å². The number of furan rings is 1. The predicted octanol–water partition coefficient (Wildman–Crippen LogP) is 14.6. The van der Waals surface area contributed by atoms with E-state index in [9.17, 15) is 0 Å². The van der Waals surface area contributed by atoms with E-state index in [4.69, 9.17) is 14.4 Å². The van der Waals surface area contributed by atoms with Gasteiger partial charge in [-0.25, -0.2) is 9.97 Å². The minimum atomic E-state index is 0.647. The van der Waals surface area contributed by atoms with E-state index in [0.717, 1.165) is 81.7 Å². The summed E-state index contributed by atoms with van der Waals surface area (Å²) >= 11 is 1.76. The minimum Gasteiger partial charge on any atom is -0.456 e. The first-order valence-electron chi connectivity index (χ1n) is 19.2. The Bertz CT molecular complexity index is 3830. The highest BCUT2D eigenvalue weighted by Gasteiger charge is 2.23. The molecule has 0 saturated carbocycles. The molecule has 0 fully saturated rings. The van der Waals surface area contributed by atoms with Crippen LogP contribution in [0.3, 0.4) is 0 Å². The van der Waals surface area contributed by atoms with Crippen molar-refractivity contribution in [3.8, 4) is 28.3 Å². The molecule has 57 heavy (non-hydrogen) atoms. The Morgan fingerprint density at radius 1 is 0.456 bits per heavy atom. The molecule has 5 heteroatoms. The molecule has 0 radical (unpaired) electrons. The van der Waals surface area contributed by atoms with Crippen LogP contribution >= 0.6 is 11.3 Å². The Hall–Kier alpha value is -7.34. The largest absolute Gasteiger partial charge is 0.456 e. The van der Waals surface area contributed by atoms with Gasteiger partial charge in [0, 0.05) is 42.8 Å².